The monoisotopic (exact) mass is 458 g/mol. The Balaban J connectivity index is 1.63. The average Bonchev–Trinajstić information content (AvgIpc) is 2.85. The Morgan fingerprint density at radius 3 is 2.56 bits per heavy atom. The van der Waals surface area contributed by atoms with Gasteiger partial charge in [-0.2, -0.15) is 5.10 Å². The number of carbonyl (C=O) groups excluding carboxylic acids is 1. The van der Waals surface area contributed by atoms with Crippen molar-refractivity contribution in [2.75, 3.05) is 12.4 Å². The molecule has 34 heavy (non-hydrogen) atoms. The smallest absolute Gasteiger partial charge is 0.276 e. The fraction of sp³-hybridized carbons (Fsp3) is 0.231. The zero-order chi connectivity index (χ0) is 24.1. The van der Waals surface area contributed by atoms with Crippen LogP contribution in [0.15, 0.2) is 71.8 Å². The third-order valence-corrected chi connectivity index (χ3v) is 5.16. The van der Waals surface area contributed by atoms with Gasteiger partial charge in [0.25, 0.3) is 11.5 Å². The van der Waals surface area contributed by atoms with Crippen molar-refractivity contribution in [1.82, 2.24) is 14.8 Å². The van der Waals surface area contributed by atoms with Crippen LogP contribution in [0.3, 0.4) is 0 Å². The van der Waals surface area contributed by atoms with Crippen LogP contribution in [0.2, 0.25) is 0 Å². The number of methoxy groups -OCH3 is 1. The molecule has 8 nitrogen and oxygen atoms in total. The van der Waals surface area contributed by atoms with Crippen molar-refractivity contribution in [3.63, 3.8) is 0 Å². The van der Waals surface area contributed by atoms with E-state index in [-0.39, 0.29) is 17.2 Å². The molecule has 0 atom stereocenters. The van der Waals surface area contributed by atoms with E-state index < -0.39 is 5.91 Å². The molecule has 1 N–H and O–H groups in total. The zero-order valence-electron chi connectivity index (χ0n) is 19.3. The second kappa shape index (κ2) is 10.2. The molecular weight excluding hydrogens is 432 g/mol. The van der Waals surface area contributed by atoms with Crippen LogP contribution in [0.1, 0.15) is 29.9 Å². The minimum Gasteiger partial charge on any atom is -0.493 e. The molecule has 0 saturated heterocycles. The SMILES string of the molecule is COc1ccc(NC(=O)c2nn(CC(C)C)c(=O)c3ccccc23)cc1OCc1cccnc1. The van der Waals surface area contributed by atoms with E-state index in [1.54, 1.807) is 62.0 Å². The number of hydrogen-bond acceptors (Lipinski definition) is 6. The molecule has 4 rings (SSSR count). The second-order valence-corrected chi connectivity index (χ2v) is 8.25. The van der Waals surface area contributed by atoms with Crippen molar-refractivity contribution >= 4 is 22.4 Å². The third kappa shape index (κ3) is 5.06. The Labute approximate surface area is 197 Å². The standard InChI is InChI=1S/C26H26N4O4/c1-17(2)15-30-26(32)21-9-5-4-8-20(21)24(29-30)25(31)28-19-10-11-22(33-3)23(13-19)34-16-18-7-6-12-27-14-18/h4-14,17H,15-16H2,1-3H3,(H,28,31). The number of nitrogens with one attached hydrogen (secondary N) is 1. The lowest BCUT2D eigenvalue weighted by atomic mass is 10.1. The molecule has 8 heteroatoms. The van der Waals surface area contributed by atoms with Crippen LogP contribution >= 0.6 is 0 Å². The van der Waals surface area contributed by atoms with Gasteiger partial charge in [-0.15, -0.1) is 0 Å². The Bertz CT molecular complexity index is 1370. The molecule has 0 spiro atoms. The number of nitrogens with zero attached hydrogens (tertiary/aromatic N) is 3. The summed E-state index contributed by atoms with van der Waals surface area (Å²) < 4.78 is 12.7. The number of amides is 1. The van der Waals surface area contributed by atoms with Crippen LogP contribution in [0.5, 0.6) is 11.5 Å². The van der Waals surface area contributed by atoms with Gasteiger partial charge >= 0.3 is 0 Å². The van der Waals surface area contributed by atoms with Crippen LogP contribution in [-0.4, -0.2) is 27.8 Å². The number of fused-ring (bicyclic) bond motifs is 1. The van der Waals surface area contributed by atoms with Gasteiger partial charge in [-0.3, -0.25) is 14.6 Å². The molecule has 1 amide bonds. The van der Waals surface area contributed by atoms with Crippen molar-refractivity contribution in [3.05, 3.63) is 88.6 Å². The number of benzene rings is 2. The van der Waals surface area contributed by atoms with Crippen LogP contribution < -0.4 is 20.3 Å². The fourth-order valence-electron chi connectivity index (χ4n) is 3.57. The first-order chi connectivity index (χ1) is 16.5. The summed E-state index contributed by atoms with van der Waals surface area (Å²) in [5.74, 6) is 0.795. The summed E-state index contributed by atoms with van der Waals surface area (Å²) in [6.45, 7) is 4.70. The zero-order valence-corrected chi connectivity index (χ0v) is 19.3. The van der Waals surface area contributed by atoms with E-state index in [0.717, 1.165) is 5.56 Å². The molecule has 0 fully saturated rings. The van der Waals surface area contributed by atoms with Crippen LogP contribution in [0.25, 0.3) is 10.8 Å². The number of anilines is 1. The summed E-state index contributed by atoms with van der Waals surface area (Å²) >= 11 is 0. The normalized spacial score (nSPS) is 10.9. The van der Waals surface area contributed by atoms with Gasteiger partial charge in [0.2, 0.25) is 0 Å². The minimum absolute atomic E-state index is 0.185. The molecule has 0 radical (unpaired) electrons. The van der Waals surface area contributed by atoms with Crippen molar-refractivity contribution in [3.8, 4) is 11.5 Å². The van der Waals surface area contributed by atoms with Crippen LogP contribution in [-0.2, 0) is 13.2 Å². The number of hydrogen-bond donors (Lipinski definition) is 1. The van der Waals surface area contributed by atoms with Gasteiger partial charge in [-0.25, -0.2) is 4.68 Å². The van der Waals surface area contributed by atoms with E-state index in [0.29, 0.717) is 41.1 Å². The number of ether oxygens (including phenoxy) is 2. The Hall–Kier alpha value is -4.20. The summed E-state index contributed by atoms with van der Waals surface area (Å²) in [6, 6.07) is 15.9. The summed E-state index contributed by atoms with van der Waals surface area (Å²) in [5.41, 5.74) is 1.39. The van der Waals surface area contributed by atoms with Crippen molar-refractivity contribution < 1.29 is 14.3 Å². The Morgan fingerprint density at radius 1 is 1.06 bits per heavy atom. The van der Waals surface area contributed by atoms with Crippen LogP contribution in [0.4, 0.5) is 5.69 Å². The first-order valence-electron chi connectivity index (χ1n) is 11.0. The molecule has 2 aromatic heterocycles. The number of pyridine rings is 1. The Kier molecular flexibility index (Phi) is 6.87. The summed E-state index contributed by atoms with van der Waals surface area (Å²) in [4.78, 5) is 30.2. The summed E-state index contributed by atoms with van der Waals surface area (Å²) in [5, 5.41) is 8.24. The maximum absolute atomic E-state index is 13.3. The van der Waals surface area contributed by atoms with Crippen molar-refractivity contribution in [2.24, 2.45) is 5.92 Å². The van der Waals surface area contributed by atoms with Crippen LogP contribution in [0, 0.1) is 5.92 Å². The molecular formula is C26H26N4O4. The number of rotatable bonds is 8. The van der Waals surface area contributed by atoms with Gasteiger partial charge in [-0.1, -0.05) is 38.1 Å². The molecule has 0 unspecified atom stereocenters. The first-order valence-corrected chi connectivity index (χ1v) is 11.0. The molecule has 0 bridgehead atoms. The first kappa shape index (κ1) is 23.0. The third-order valence-electron chi connectivity index (χ3n) is 5.16. The van der Waals surface area contributed by atoms with Gasteiger partial charge in [0.05, 0.1) is 12.5 Å². The highest BCUT2D eigenvalue weighted by atomic mass is 16.5. The topological polar surface area (TPSA) is 95.3 Å². The van der Waals surface area contributed by atoms with Gasteiger partial charge in [-0.05, 0) is 30.2 Å². The molecule has 0 aliphatic heterocycles. The maximum Gasteiger partial charge on any atom is 0.276 e. The van der Waals surface area contributed by atoms with E-state index in [1.165, 1.54) is 4.68 Å². The Morgan fingerprint density at radius 2 is 1.85 bits per heavy atom. The predicted octanol–water partition coefficient (Wildman–Crippen LogP) is 4.29. The van der Waals surface area contributed by atoms with E-state index in [4.69, 9.17) is 9.47 Å². The molecule has 0 saturated carbocycles. The van der Waals surface area contributed by atoms with Crippen molar-refractivity contribution in [1.29, 1.82) is 0 Å². The van der Waals surface area contributed by atoms with E-state index >= 15 is 0 Å². The summed E-state index contributed by atoms with van der Waals surface area (Å²) in [7, 11) is 1.55. The highest BCUT2D eigenvalue weighted by molar-refractivity contribution is 6.11. The molecule has 2 aromatic carbocycles. The molecule has 0 aliphatic rings. The van der Waals surface area contributed by atoms with Crippen molar-refractivity contribution in [2.45, 2.75) is 27.0 Å². The lowest BCUT2D eigenvalue weighted by Gasteiger charge is -2.14. The van der Waals surface area contributed by atoms with E-state index in [2.05, 4.69) is 15.4 Å². The largest absolute Gasteiger partial charge is 0.493 e. The lowest BCUT2D eigenvalue weighted by molar-refractivity contribution is 0.102. The van der Waals surface area contributed by atoms with Gasteiger partial charge in [0.15, 0.2) is 17.2 Å². The summed E-state index contributed by atoms with van der Waals surface area (Å²) in [6.07, 6.45) is 3.42. The predicted molar refractivity (Wildman–Crippen MR) is 130 cm³/mol. The highest BCUT2D eigenvalue weighted by Crippen LogP contribution is 2.31. The highest BCUT2D eigenvalue weighted by Gasteiger charge is 2.18. The number of aromatic nitrogens is 3. The maximum atomic E-state index is 13.3. The molecule has 2 heterocycles. The fourth-order valence-corrected chi connectivity index (χ4v) is 3.57. The molecule has 174 valence electrons. The second-order valence-electron chi connectivity index (χ2n) is 8.25. The minimum atomic E-state index is -0.419. The number of carbonyl (C=O) groups is 1. The molecule has 0 aliphatic carbocycles. The van der Waals surface area contributed by atoms with Gasteiger partial charge in [0.1, 0.15) is 6.61 Å². The molecule has 4 aromatic rings. The quantitative estimate of drug-likeness (QED) is 0.423. The van der Waals surface area contributed by atoms with Gasteiger partial charge in [0, 0.05) is 41.6 Å². The average molecular weight is 459 g/mol. The van der Waals surface area contributed by atoms with E-state index in [1.807, 2.05) is 26.0 Å². The van der Waals surface area contributed by atoms with E-state index in [9.17, 15) is 9.59 Å². The van der Waals surface area contributed by atoms with Gasteiger partial charge < -0.3 is 14.8 Å². The lowest BCUT2D eigenvalue weighted by Crippen LogP contribution is -2.29.